The van der Waals surface area contributed by atoms with Crippen molar-refractivity contribution in [3.05, 3.63) is 43.7 Å². The fraction of sp³-hybridized carbons (Fsp3) is 0.769. The molecule has 0 aliphatic carbocycles. The smallest absolute Gasteiger partial charge is 0.333 e. The lowest BCUT2D eigenvalue weighted by molar-refractivity contribution is -0.0568. The van der Waals surface area contributed by atoms with Gasteiger partial charge in [0.15, 0.2) is 28.5 Å². The van der Waals surface area contributed by atoms with Crippen molar-refractivity contribution in [1.29, 1.82) is 0 Å². The number of nitrogens with two attached hydrogens (primary N) is 1. The van der Waals surface area contributed by atoms with Crippen LogP contribution in [-0.4, -0.2) is 70.3 Å². The second-order valence-electron chi connectivity index (χ2n) is 14.0. The number of nitrogens with zero attached hydrogens (tertiary/aromatic N) is 2. The number of ether oxygens (including phenoxy) is 1. The summed E-state index contributed by atoms with van der Waals surface area (Å²) in [4.78, 5) is 26.4. The first kappa shape index (κ1) is 33.9. The van der Waals surface area contributed by atoms with E-state index in [9.17, 15) is 23.1 Å². The van der Waals surface area contributed by atoms with Crippen molar-refractivity contribution in [2.24, 2.45) is 5.73 Å². The minimum atomic E-state index is -4.23. The number of aromatic nitrogens is 2. The third kappa shape index (κ3) is 6.09. The SMILES string of the molecule is Cc1cn([C@@H]2O[C@H](CO[Si](C)(C)C(C)(C)C)[C@@]3(OS(=O)(=O)C=C3N)[C@H]2O[Si](C)(C)C(C)(C)C)c(=O)n(CCO)c1=O. The maximum Gasteiger partial charge on any atom is 0.333 e. The molecule has 1 saturated heterocycles. The number of rotatable bonds is 8. The zero-order valence-electron chi connectivity index (χ0n) is 26.1. The number of aryl methyl sites for hydroxylation is 1. The van der Waals surface area contributed by atoms with Crippen LogP contribution in [0.4, 0.5) is 0 Å². The van der Waals surface area contributed by atoms with E-state index in [2.05, 4.69) is 33.9 Å². The maximum atomic E-state index is 13.7. The van der Waals surface area contributed by atoms with E-state index < -0.39 is 68.6 Å². The molecule has 15 heteroatoms. The van der Waals surface area contributed by atoms with Crippen LogP contribution in [0.1, 0.15) is 53.3 Å². The van der Waals surface area contributed by atoms with E-state index in [4.69, 9.17) is 23.5 Å². The van der Waals surface area contributed by atoms with E-state index in [0.717, 1.165) is 9.98 Å². The summed E-state index contributed by atoms with van der Waals surface area (Å²) in [6.07, 6.45) is -2.13. The highest BCUT2D eigenvalue weighted by molar-refractivity contribution is 7.90. The number of aliphatic hydroxyl groups excluding tert-OH is 1. The normalized spacial score (nSPS) is 27.0. The summed E-state index contributed by atoms with van der Waals surface area (Å²) in [5.74, 6) is 0. The van der Waals surface area contributed by atoms with Gasteiger partial charge in [-0.15, -0.1) is 0 Å². The molecule has 1 fully saturated rings. The molecule has 41 heavy (non-hydrogen) atoms. The summed E-state index contributed by atoms with van der Waals surface area (Å²) in [5, 5.41) is 9.93. The van der Waals surface area contributed by atoms with E-state index in [-0.39, 0.29) is 34.5 Å². The van der Waals surface area contributed by atoms with Crippen LogP contribution in [0.2, 0.25) is 36.3 Å². The summed E-state index contributed by atoms with van der Waals surface area (Å²) in [7, 11) is -9.29. The van der Waals surface area contributed by atoms with E-state index >= 15 is 0 Å². The molecule has 2 aliphatic heterocycles. The second kappa shape index (κ2) is 10.8. The lowest BCUT2D eigenvalue weighted by atomic mass is 9.89. The number of hydrogen-bond donors (Lipinski definition) is 2. The van der Waals surface area contributed by atoms with Crippen molar-refractivity contribution in [1.82, 2.24) is 9.13 Å². The van der Waals surface area contributed by atoms with Crippen molar-refractivity contribution >= 4 is 26.8 Å². The first-order valence-corrected chi connectivity index (χ1v) is 21.0. The Morgan fingerprint density at radius 1 is 1.07 bits per heavy atom. The van der Waals surface area contributed by atoms with Gasteiger partial charge in [0.25, 0.3) is 15.7 Å². The lowest BCUT2D eigenvalue weighted by Gasteiger charge is -2.43. The van der Waals surface area contributed by atoms with Gasteiger partial charge in [-0.25, -0.2) is 8.98 Å². The quantitative estimate of drug-likeness (QED) is 0.321. The van der Waals surface area contributed by atoms with Gasteiger partial charge in [0.2, 0.25) is 0 Å². The third-order valence-electron chi connectivity index (χ3n) is 9.03. The van der Waals surface area contributed by atoms with Gasteiger partial charge in [0.1, 0.15) is 12.2 Å². The minimum Gasteiger partial charge on any atom is -0.414 e. The van der Waals surface area contributed by atoms with Gasteiger partial charge in [-0.05, 0) is 43.2 Å². The Morgan fingerprint density at radius 2 is 1.63 bits per heavy atom. The molecule has 0 aromatic carbocycles. The Morgan fingerprint density at radius 3 is 2.10 bits per heavy atom. The summed E-state index contributed by atoms with van der Waals surface area (Å²) < 4.78 is 53.6. The molecule has 2 aliphatic rings. The molecule has 12 nitrogen and oxygen atoms in total. The lowest BCUT2D eigenvalue weighted by Crippen LogP contribution is -2.59. The zero-order valence-corrected chi connectivity index (χ0v) is 28.9. The average Bonchev–Trinajstić information content (AvgIpc) is 3.22. The molecule has 0 amide bonds. The highest BCUT2D eigenvalue weighted by Crippen LogP contribution is 2.52. The third-order valence-corrected chi connectivity index (χ3v) is 19.0. The van der Waals surface area contributed by atoms with E-state index in [1.165, 1.54) is 10.8 Å². The molecule has 0 unspecified atom stereocenters. The summed E-state index contributed by atoms with van der Waals surface area (Å²) in [5.41, 5.74) is 3.49. The molecule has 1 aromatic heterocycles. The molecule has 1 aromatic rings. The standard InChI is InChI=1S/C26H47N3O9SSi2/c1-17-14-29(23(32)28(12-13-30)21(17)31)22-20(37-41(10,11)25(5,6)7)26(18(27)16-39(33,34)38-26)19(36-22)15-35-40(8,9)24(2,3)4/h14,16,19-20,22,30H,12-13,15,27H2,1-11H3/t19-,20+,22-,26-/m1/s1. The molecule has 4 atom stereocenters. The molecule has 234 valence electrons. The predicted octanol–water partition coefficient (Wildman–Crippen LogP) is 2.52. The van der Waals surface area contributed by atoms with Gasteiger partial charge in [0, 0.05) is 11.8 Å². The average molecular weight is 634 g/mol. The summed E-state index contributed by atoms with van der Waals surface area (Å²) in [6.45, 7) is 21.2. The van der Waals surface area contributed by atoms with E-state index in [1.54, 1.807) is 6.92 Å². The Hall–Kier alpha value is -1.60. The van der Waals surface area contributed by atoms with Crippen molar-refractivity contribution in [3.63, 3.8) is 0 Å². The highest BCUT2D eigenvalue weighted by atomic mass is 32.2. The fourth-order valence-corrected chi connectivity index (χ4v) is 7.96. The van der Waals surface area contributed by atoms with Crippen molar-refractivity contribution < 1.29 is 31.3 Å². The molecule has 3 rings (SSSR count). The predicted molar refractivity (Wildman–Crippen MR) is 161 cm³/mol. The highest BCUT2D eigenvalue weighted by Gasteiger charge is 2.67. The molecule has 1 spiro atoms. The fourth-order valence-electron chi connectivity index (χ4n) is 4.45. The van der Waals surface area contributed by atoms with Crippen molar-refractivity contribution in [2.45, 2.75) is 115 Å². The Bertz CT molecular complexity index is 1420. The Kier molecular flexibility index (Phi) is 8.96. The van der Waals surface area contributed by atoms with Crippen LogP contribution >= 0.6 is 0 Å². The molecule has 3 heterocycles. The van der Waals surface area contributed by atoms with Gasteiger partial charge in [0.05, 0.1) is 30.9 Å². The number of hydrogen-bond acceptors (Lipinski definition) is 10. The van der Waals surface area contributed by atoms with Crippen LogP contribution in [0, 0.1) is 6.92 Å². The zero-order chi connectivity index (χ0) is 31.6. The monoisotopic (exact) mass is 633 g/mol. The Labute approximate surface area is 244 Å². The minimum absolute atomic E-state index is 0.0710. The van der Waals surface area contributed by atoms with Gasteiger partial charge in [-0.1, -0.05) is 41.5 Å². The van der Waals surface area contributed by atoms with Crippen LogP contribution in [-0.2, 0) is 34.4 Å². The van der Waals surface area contributed by atoms with E-state index in [1.807, 2.05) is 33.9 Å². The van der Waals surface area contributed by atoms with E-state index in [0.29, 0.717) is 0 Å². The van der Waals surface area contributed by atoms with Crippen molar-refractivity contribution in [2.75, 3.05) is 13.2 Å². The summed E-state index contributed by atoms with van der Waals surface area (Å²) in [6, 6.07) is 0. The second-order valence-corrected chi connectivity index (χ2v) is 25.0. The molecule has 0 bridgehead atoms. The van der Waals surface area contributed by atoms with Crippen LogP contribution in [0.25, 0.3) is 0 Å². The van der Waals surface area contributed by atoms with Crippen LogP contribution in [0.3, 0.4) is 0 Å². The maximum absolute atomic E-state index is 13.7. The van der Waals surface area contributed by atoms with Crippen LogP contribution in [0.5, 0.6) is 0 Å². The Balaban J connectivity index is 2.30. The molecular weight excluding hydrogens is 587 g/mol. The molecular formula is C26H47N3O9SSi2. The molecule has 0 saturated carbocycles. The number of aliphatic hydroxyl groups is 1. The van der Waals surface area contributed by atoms with Crippen LogP contribution in [0.15, 0.2) is 26.9 Å². The van der Waals surface area contributed by atoms with Crippen LogP contribution < -0.4 is 17.0 Å². The first-order valence-electron chi connectivity index (χ1n) is 13.8. The largest absolute Gasteiger partial charge is 0.414 e. The van der Waals surface area contributed by atoms with Gasteiger partial charge in [-0.2, -0.15) is 8.42 Å². The molecule has 0 radical (unpaired) electrons. The van der Waals surface area contributed by atoms with Crippen molar-refractivity contribution in [3.8, 4) is 0 Å². The first-order chi connectivity index (χ1) is 18.4. The van der Waals surface area contributed by atoms with Gasteiger partial charge < -0.3 is 24.4 Å². The summed E-state index contributed by atoms with van der Waals surface area (Å²) >= 11 is 0. The topological polar surface area (TPSA) is 161 Å². The van der Waals surface area contributed by atoms with Gasteiger partial charge >= 0.3 is 5.69 Å². The molecule has 3 N–H and O–H groups in total. The van der Waals surface area contributed by atoms with Gasteiger partial charge in [-0.3, -0.25) is 13.9 Å².